The van der Waals surface area contributed by atoms with Gasteiger partial charge >= 0.3 is 0 Å². The summed E-state index contributed by atoms with van der Waals surface area (Å²) in [6.45, 7) is 0. The van der Waals surface area contributed by atoms with Crippen LogP contribution in [0.5, 0.6) is 0 Å². The van der Waals surface area contributed by atoms with Crippen molar-refractivity contribution in [1.82, 2.24) is 14.5 Å². The molecule has 0 saturated carbocycles. The minimum absolute atomic E-state index is 0.167. The summed E-state index contributed by atoms with van der Waals surface area (Å²) in [5, 5.41) is 0. The summed E-state index contributed by atoms with van der Waals surface area (Å²) in [5.41, 5.74) is 3.57. The summed E-state index contributed by atoms with van der Waals surface area (Å²) in [4.78, 5) is 7.95. The maximum Gasteiger partial charge on any atom is 0.262 e. The van der Waals surface area contributed by atoms with Crippen molar-refractivity contribution >= 4 is 26.7 Å². The largest absolute Gasteiger partial charge is 0.338 e. The molecule has 5 aromatic rings. The molecule has 0 saturated heterocycles. The van der Waals surface area contributed by atoms with Crippen molar-refractivity contribution in [1.29, 1.82) is 0 Å². The molecule has 3 aromatic carbocycles. The molecule has 7 heteroatoms. The lowest BCUT2D eigenvalue weighted by Crippen LogP contribution is -2.14. The van der Waals surface area contributed by atoms with Crippen molar-refractivity contribution in [2.75, 3.05) is 4.72 Å². The van der Waals surface area contributed by atoms with Crippen molar-refractivity contribution in [2.24, 2.45) is 0 Å². The Balaban J connectivity index is 1.51. The minimum atomic E-state index is -3.78. The van der Waals surface area contributed by atoms with Crippen LogP contribution in [-0.4, -0.2) is 23.0 Å². The van der Waals surface area contributed by atoms with Crippen LogP contribution in [0.15, 0.2) is 102 Å². The van der Waals surface area contributed by atoms with Crippen LogP contribution in [0.3, 0.4) is 0 Å². The zero-order chi connectivity index (χ0) is 20.6. The van der Waals surface area contributed by atoms with E-state index < -0.39 is 10.0 Å². The number of para-hydroxylation sites is 2. The summed E-state index contributed by atoms with van der Waals surface area (Å²) < 4.78 is 30.8. The minimum Gasteiger partial charge on any atom is -0.338 e. The highest BCUT2D eigenvalue weighted by Gasteiger charge is 2.18. The number of nitrogens with one attached hydrogen (secondary N) is 2. The Hall–Kier alpha value is -3.84. The number of rotatable bonds is 5. The first kappa shape index (κ1) is 18.2. The van der Waals surface area contributed by atoms with Crippen LogP contribution in [0.4, 0.5) is 5.69 Å². The molecule has 0 bridgehead atoms. The molecule has 2 heterocycles. The third-order valence-electron chi connectivity index (χ3n) is 4.84. The van der Waals surface area contributed by atoms with Crippen LogP contribution < -0.4 is 4.72 Å². The van der Waals surface area contributed by atoms with Crippen molar-refractivity contribution in [3.63, 3.8) is 0 Å². The van der Waals surface area contributed by atoms with Gasteiger partial charge in [-0.1, -0.05) is 42.5 Å². The number of sulfonamides is 1. The maximum absolute atomic E-state index is 13.1. The molecule has 148 valence electrons. The van der Waals surface area contributed by atoms with Gasteiger partial charge in [0.25, 0.3) is 10.0 Å². The monoisotopic (exact) mass is 414 g/mol. The summed E-state index contributed by atoms with van der Waals surface area (Å²) >= 11 is 0. The molecular weight excluding hydrogens is 396 g/mol. The predicted octanol–water partition coefficient (Wildman–Crippen LogP) is 4.82. The molecule has 0 aliphatic heterocycles. The van der Waals surface area contributed by atoms with Crippen LogP contribution >= 0.6 is 0 Å². The zero-order valence-corrected chi connectivity index (χ0v) is 16.7. The summed E-state index contributed by atoms with van der Waals surface area (Å²) in [6.07, 6.45) is 3.74. The number of aromatic nitrogens is 3. The second kappa shape index (κ2) is 7.20. The fourth-order valence-corrected chi connectivity index (χ4v) is 4.47. The van der Waals surface area contributed by atoms with Gasteiger partial charge in [0.1, 0.15) is 5.82 Å². The molecule has 5 rings (SSSR count). The maximum atomic E-state index is 13.1. The molecule has 0 spiro atoms. The zero-order valence-electron chi connectivity index (χ0n) is 15.9. The highest BCUT2D eigenvalue weighted by Crippen LogP contribution is 2.26. The van der Waals surface area contributed by atoms with Crippen LogP contribution in [0.25, 0.3) is 28.1 Å². The number of fused-ring (bicyclic) bond motifs is 1. The summed E-state index contributed by atoms with van der Waals surface area (Å²) in [7, 11) is -3.78. The molecule has 2 aromatic heterocycles. The van der Waals surface area contributed by atoms with Crippen molar-refractivity contribution in [2.45, 2.75) is 4.90 Å². The molecule has 2 N–H and O–H groups in total. The van der Waals surface area contributed by atoms with Crippen LogP contribution in [0, 0.1) is 0 Å². The number of imidazole rings is 1. The second-order valence-corrected chi connectivity index (χ2v) is 8.53. The Morgan fingerprint density at radius 1 is 0.833 bits per heavy atom. The Labute approximate surface area is 173 Å². The van der Waals surface area contributed by atoms with E-state index >= 15 is 0 Å². The molecule has 0 amide bonds. The lowest BCUT2D eigenvalue weighted by Gasteiger charge is -2.13. The van der Waals surface area contributed by atoms with E-state index in [0.717, 1.165) is 11.3 Å². The topological polar surface area (TPSA) is 79.8 Å². The second-order valence-electron chi connectivity index (χ2n) is 6.84. The van der Waals surface area contributed by atoms with Gasteiger partial charge in [-0.3, -0.25) is 4.72 Å². The summed E-state index contributed by atoms with van der Waals surface area (Å²) in [5.74, 6) is 0.700. The van der Waals surface area contributed by atoms with E-state index in [1.165, 1.54) is 0 Å². The lowest BCUT2D eigenvalue weighted by molar-refractivity contribution is 0.601. The SMILES string of the molecule is O=S(=O)(Nc1ccccc1-n1cccc1)c1ccc2nc(-c3ccccc3)[nH]c2c1. The van der Waals surface area contributed by atoms with E-state index in [-0.39, 0.29) is 4.90 Å². The van der Waals surface area contributed by atoms with E-state index in [1.807, 2.05) is 71.6 Å². The molecular formula is C23H18N4O2S. The predicted molar refractivity (Wildman–Crippen MR) is 118 cm³/mol. The van der Waals surface area contributed by atoms with Gasteiger partial charge in [-0.2, -0.15) is 0 Å². The first-order valence-electron chi connectivity index (χ1n) is 9.40. The van der Waals surface area contributed by atoms with E-state index in [0.29, 0.717) is 22.5 Å². The van der Waals surface area contributed by atoms with Gasteiger partial charge in [0.2, 0.25) is 0 Å². The lowest BCUT2D eigenvalue weighted by atomic mass is 10.2. The van der Waals surface area contributed by atoms with Crippen LogP contribution in [-0.2, 0) is 10.0 Å². The Bertz CT molecular complexity index is 1420. The Morgan fingerprint density at radius 3 is 2.37 bits per heavy atom. The standard InChI is InChI=1S/C23H18N4O2S/c28-30(29,26-20-10-4-5-11-22(20)27-14-6-7-15-27)18-12-13-19-21(16-18)25-23(24-19)17-8-2-1-3-9-17/h1-16,26H,(H,24,25). The van der Waals surface area contributed by atoms with Gasteiger partial charge in [-0.05, 0) is 42.5 Å². The van der Waals surface area contributed by atoms with Gasteiger partial charge in [0.15, 0.2) is 0 Å². The number of hydrogen-bond donors (Lipinski definition) is 2. The molecule has 0 aliphatic rings. The van der Waals surface area contributed by atoms with Gasteiger partial charge in [-0.15, -0.1) is 0 Å². The fourth-order valence-electron chi connectivity index (χ4n) is 3.37. The van der Waals surface area contributed by atoms with Gasteiger partial charge in [-0.25, -0.2) is 13.4 Å². The number of hydrogen-bond acceptors (Lipinski definition) is 3. The third kappa shape index (κ3) is 3.35. The number of H-pyrrole nitrogens is 1. The smallest absolute Gasteiger partial charge is 0.262 e. The summed E-state index contributed by atoms with van der Waals surface area (Å²) in [6, 6.07) is 25.7. The first-order chi connectivity index (χ1) is 14.6. The van der Waals surface area contributed by atoms with E-state index in [1.54, 1.807) is 30.3 Å². The van der Waals surface area contributed by atoms with E-state index in [9.17, 15) is 8.42 Å². The van der Waals surface area contributed by atoms with Crippen LogP contribution in [0.2, 0.25) is 0 Å². The van der Waals surface area contributed by atoms with Crippen molar-refractivity contribution in [3.05, 3.63) is 97.3 Å². The van der Waals surface area contributed by atoms with E-state index in [4.69, 9.17) is 0 Å². The molecule has 0 atom stereocenters. The average molecular weight is 414 g/mol. The normalized spacial score (nSPS) is 11.6. The molecule has 30 heavy (non-hydrogen) atoms. The molecule has 0 aliphatic carbocycles. The van der Waals surface area contributed by atoms with Crippen LogP contribution in [0.1, 0.15) is 0 Å². The molecule has 6 nitrogen and oxygen atoms in total. The number of nitrogens with zero attached hydrogens (tertiary/aromatic N) is 2. The van der Waals surface area contributed by atoms with Gasteiger partial charge in [0, 0.05) is 18.0 Å². The fraction of sp³-hybridized carbons (Fsp3) is 0. The van der Waals surface area contributed by atoms with Gasteiger partial charge < -0.3 is 9.55 Å². The number of aromatic amines is 1. The van der Waals surface area contributed by atoms with Gasteiger partial charge in [0.05, 0.1) is 27.3 Å². The first-order valence-corrected chi connectivity index (χ1v) is 10.9. The van der Waals surface area contributed by atoms with Crippen molar-refractivity contribution < 1.29 is 8.42 Å². The van der Waals surface area contributed by atoms with Crippen molar-refractivity contribution in [3.8, 4) is 17.1 Å². The quantitative estimate of drug-likeness (QED) is 0.433. The Morgan fingerprint density at radius 2 is 1.57 bits per heavy atom. The average Bonchev–Trinajstić information content (AvgIpc) is 3.44. The third-order valence-corrected chi connectivity index (χ3v) is 6.21. The molecule has 0 unspecified atom stereocenters. The molecule has 0 radical (unpaired) electrons. The van der Waals surface area contributed by atoms with E-state index in [2.05, 4.69) is 14.7 Å². The molecule has 0 fully saturated rings. The number of benzene rings is 3. The Kier molecular flexibility index (Phi) is 4.37. The number of anilines is 1. The highest BCUT2D eigenvalue weighted by molar-refractivity contribution is 7.92. The highest BCUT2D eigenvalue weighted by atomic mass is 32.2.